The minimum absolute atomic E-state index is 0.0857. The molecule has 19 heavy (non-hydrogen) atoms. The third kappa shape index (κ3) is 3.05. The number of hydrogen-bond donors (Lipinski definition) is 2. The number of carbonyl (C=O) groups is 3. The van der Waals surface area contributed by atoms with Crippen LogP contribution in [-0.2, 0) is 14.4 Å². The Bertz CT molecular complexity index is 394. The third-order valence-electron chi connectivity index (χ3n) is 4.10. The summed E-state index contributed by atoms with van der Waals surface area (Å²) in [6.45, 7) is 7.65. The topological polar surface area (TPSA) is 86.7 Å². The van der Waals surface area contributed by atoms with Crippen molar-refractivity contribution in [1.29, 1.82) is 0 Å². The van der Waals surface area contributed by atoms with Gasteiger partial charge in [0.1, 0.15) is 6.04 Å². The molecule has 6 nitrogen and oxygen atoms in total. The monoisotopic (exact) mass is 270 g/mol. The van der Waals surface area contributed by atoms with Crippen LogP contribution >= 0.6 is 0 Å². The van der Waals surface area contributed by atoms with Gasteiger partial charge in [-0.3, -0.25) is 14.4 Å². The number of amides is 2. The molecule has 1 aliphatic heterocycles. The zero-order valence-corrected chi connectivity index (χ0v) is 11.9. The molecule has 1 saturated heterocycles. The van der Waals surface area contributed by atoms with Crippen molar-refractivity contribution >= 4 is 17.8 Å². The molecule has 2 N–H and O–H groups in total. The molecule has 2 unspecified atom stereocenters. The fourth-order valence-electron chi connectivity index (χ4n) is 2.07. The lowest BCUT2D eigenvalue weighted by Crippen LogP contribution is -2.56. The van der Waals surface area contributed by atoms with E-state index in [0.29, 0.717) is 13.1 Å². The van der Waals surface area contributed by atoms with Crippen molar-refractivity contribution in [1.82, 2.24) is 10.2 Å². The number of carbonyl (C=O) groups excluding carboxylic acids is 2. The van der Waals surface area contributed by atoms with Crippen LogP contribution < -0.4 is 5.32 Å². The Kier molecular flexibility index (Phi) is 4.55. The van der Waals surface area contributed by atoms with Gasteiger partial charge in [0.15, 0.2) is 0 Å². The summed E-state index contributed by atoms with van der Waals surface area (Å²) >= 11 is 0. The van der Waals surface area contributed by atoms with Gasteiger partial charge in [0.25, 0.3) is 0 Å². The lowest BCUT2D eigenvalue weighted by atomic mass is 9.76. The predicted molar refractivity (Wildman–Crippen MR) is 69.4 cm³/mol. The van der Waals surface area contributed by atoms with Crippen molar-refractivity contribution in [3.8, 4) is 0 Å². The Morgan fingerprint density at radius 2 is 2.11 bits per heavy atom. The van der Waals surface area contributed by atoms with E-state index in [2.05, 4.69) is 5.32 Å². The molecule has 1 heterocycles. The zero-order chi connectivity index (χ0) is 14.8. The fraction of sp³-hybridized carbons (Fsp3) is 0.769. The fourth-order valence-corrected chi connectivity index (χ4v) is 2.07. The largest absolute Gasteiger partial charge is 0.481 e. The van der Waals surface area contributed by atoms with Crippen molar-refractivity contribution in [3.63, 3.8) is 0 Å². The van der Waals surface area contributed by atoms with E-state index in [1.807, 2.05) is 0 Å². The van der Waals surface area contributed by atoms with E-state index in [0.717, 1.165) is 0 Å². The zero-order valence-electron chi connectivity index (χ0n) is 11.9. The van der Waals surface area contributed by atoms with Gasteiger partial charge in [-0.1, -0.05) is 13.8 Å². The number of piperazine rings is 1. The van der Waals surface area contributed by atoms with Gasteiger partial charge < -0.3 is 15.3 Å². The number of nitrogens with zero attached hydrogens (tertiary/aromatic N) is 1. The summed E-state index contributed by atoms with van der Waals surface area (Å²) < 4.78 is 0. The molecular formula is C13H22N2O4. The Morgan fingerprint density at radius 3 is 2.58 bits per heavy atom. The lowest BCUT2D eigenvalue weighted by Gasteiger charge is -2.36. The van der Waals surface area contributed by atoms with Crippen LogP contribution in [0.3, 0.4) is 0 Å². The van der Waals surface area contributed by atoms with Crippen LogP contribution in [0.15, 0.2) is 0 Å². The van der Waals surface area contributed by atoms with Crippen molar-refractivity contribution in [2.24, 2.45) is 11.3 Å². The van der Waals surface area contributed by atoms with Crippen molar-refractivity contribution < 1.29 is 19.5 Å². The van der Waals surface area contributed by atoms with E-state index >= 15 is 0 Å². The maximum Gasteiger partial charge on any atom is 0.310 e. The van der Waals surface area contributed by atoms with E-state index in [-0.39, 0.29) is 24.2 Å². The van der Waals surface area contributed by atoms with Gasteiger partial charge in [0, 0.05) is 19.5 Å². The highest BCUT2D eigenvalue weighted by Gasteiger charge is 2.41. The molecule has 1 aliphatic rings. The molecule has 0 spiro atoms. The maximum atomic E-state index is 12.3. The third-order valence-corrected chi connectivity index (χ3v) is 4.10. The SMILES string of the molecule is CC1C(=O)NCCN1C(=O)CC(C)(C(=O)O)C(C)C. The number of nitrogens with one attached hydrogen (secondary N) is 1. The summed E-state index contributed by atoms with van der Waals surface area (Å²) in [5.41, 5.74) is -1.11. The Balaban J connectivity index is 2.83. The number of hydrogen-bond acceptors (Lipinski definition) is 3. The molecule has 2 atom stereocenters. The number of carboxylic acid groups (broad SMARTS) is 1. The Morgan fingerprint density at radius 1 is 1.53 bits per heavy atom. The molecule has 108 valence electrons. The van der Waals surface area contributed by atoms with E-state index in [1.54, 1.807) is 27.7 Å². The summed E-state index contributed by atoms with van der Waals surface area (Å²) in [6.07, 6.45) is -0.0857. The van der Waals surface area contributed by atoms with E-state index in [4.69, 9.17) is 0 Å². The summed E-state index contributed by atoms with van der Waals surface area (Å²) in [4.78, 5) is 36.6. The second kappa shape index (κ2) is 5.59. The lowest BCUT2D eigenvalue weighted by molar-refractivity contribution is -0.157. The van der Waals surface area contributed by atoms with Crippen LogP contribution in [-0.4, -0.2) is 46.9 Å². The molecule has 0 saturated carbocycles. The highest BCUT2D eigenvalue weighted by Crippen LogP contribution is 2.32. The Labute approximate surface area is 113 Å². The number of aliphatic carboxylic acids is 1. The summed E-state index contributed by atoms with van der Waals surface area (Å²) in [5.74, 6) is -1.62. The average Bonchev–Trinajstić information content (AvgIpc) is 2.31. The predicted octanol–water partition coefficient (Wildman–Crippen LogP) is 0.470. The maximum absolute atomic E-state index is 12.3. The number of rotatable bonds is 4. The van der Waals surface area contributed by atoms with Gasteiger partial charge in [-0.25, -0.2) is 0 Å². The first-order chi connectivity index (χ1) is 8.70. The molecule has 0 radical (unpaired) electrons. The molecular weight excluding hydrogens is 248 g/mol. The van der Waals surface area contributed by atoms with Crippen LogP contribution in [0.5, 0.6) is 0 Å². The first kappa shape index (κ1) is 15.5. The molecule has 1 rings (SSSR count). The van der Waals surface area contributed by atoms with Gasteiger partial charge in [-0.15, -0.1) is 0 Å². The molecule has 1 fully saturated rings. The van der Waals surface area contributed by atoms with Gasteiger partial charge >= 0.3 is 5.97 Å². The minimum Gasteiger partial charge on any atom is -0.481 e. The summed E-state index contributed by atoms with van der Waals surface area (Å²) in [5, 5.41) is 12.0. The summed E-state index contributed by atoms with van der Waals surface area (Å²) in [6, 6.07) is -0.536. The summed E-state index contributed by atoms with van der Waals surface area (Å²) in [7, 11) is 0. The quantitative estimate of drug-likeness (QED) is 0.777. The molecule has 0 aromatic rings. The van der Waals surface area contributed by atoms with Crippen LogP contribution in [0, 0.1) is 11.3 Å². The van der Waals surface area contributed by atoms with E-state index < -0.39 is 17.4 Å². The van der Waals surface area contributed by atoms with Crippen LogP contribution in [0.2, 0.25) is 0 Å². The van der Waals surface area contributed by atoms with Gasteiger partial charge in [-0.05, 0) is 19.8 Å². The molecule has 6 heteroatoms. The van der Waals surface area contributed by atoms with Crippen LogP contribution in [0.4, 0.5) is 0 Å². The molecule has 0 aromatic carbocycles. The minimum atomic E-state index is -1.11. The van der Waals surface area contributed by atoms with Gasteiger partial charge in [0.2, 0.25) is 11.8 Å². The standard InChI is InChI=1S/C13H22N2O4/c1-8(2)13(4,12(18)19)7-10(16)15-6-5-14-11(17)9(15)3/h8-9H,5-7H2,1-4H3,(H,14,17)(H,18,19). The molecule has 0 aromatic heterocycles. The number of carboxylic acids is 1. The smallest absolute Gasteiger partial charge is 0.310 e. The van der Waals surface area contributed by atoms with Crippen LogP contribution in [0.1, 0.15) is 34.1 Å². The van der Waals surface area contributed by atoms with Crippen LogP contribution in [0.25, 0.3) is 0 Å². The van der Waals surface area contributed by atoms with Crippen molar-refractivity contribution in [2.75, 3.05) is 13.1 Å². The second-order valence-electron chi connectivity index (χ2n) is 5.61. The van der Waals surface area contributed by atoms with Gasteiger partial charge in [0.05, 0.1) is 5.41 Å². The van der Waals surface area contributed by atoms with Gasteiger partial charge in [-0.2, -0.15) is 0 Å². The Hall–Kier alpha value is -1.59. The normalized spacial score (nSPS) is 22.9. The van der Waals surface area contributed by atoms with Crippen molar-refractivity contribution in [3.05, 3.63) is 0 Å². The molecule has 0 aliphatic carbocycles. The highest BCUT2D eigenvalue weighted by molar-refractivity contribution is 5.90. The van der Waals surface area contributed by atoms with E-state index in [9.17, 15) is 19.5 Å². The highest BCUT2D eigenvalue weighted by atomic mass is 16.4. The molecule has 2 amide bonds. The second-order valence-corrected chi connectivity index (χ2v) is 5.61. The van der Waals surface area contributed by atoms with Crippen molar-refractivity contribution in [2.45, 2.75) is 40.2 Å². The molecule has 0 bridgehead atoms. The first-order valence-electron chi connectivity index (χ1n) is 6.50. The first-order valence-corrected chi connectivity index (χ1v) is 6.50. The van der Waals surface area contributed by atoms with E-state index in [1.165, 1.54) is 4.90 Å². The average molecular weight is 270 g/mol.